The lowest BCUT2D eigenvalue weighted by Gasteiger charge is -2.22. The Labute approximate surface area is 139 Å². The molecule has 0 aliphatic carbocycles. The summed E-state index contributed by atoms with van der Waals surface area (Å²) in [6.07, 6.45) is 1.31. The zero-order chi connectivity index (χ0) is 16.6. The molecule has 0 spiro atoms. The topological polar surface area (TPSA) is 75.8 Å². The molecule has 1 aliphatic heterocycles. The Hall–Kier alpha value is -2.93. The highest BCUT2D eigenvalue weighted by Crippen LogP contribution is 2.31. The van der Waals surface area contributed by atoms with Gasteiger partial charge in [-0.25, -0.2) is 17.7 Å². The Morgan fingerprint density at radius 3 is 2.58 bits per heavy atom. The SMILES string of the molecule is O=S1(=O)c2ccccc2N=CN1Cc1cc(-c2ccccc2)on1. The Morgan fingerprint density at radius 1 is 1.00 bits per heavy atom. The Kier molecular flexibility index (Phi) is 3.42. The van der Waals surface area contributed by atoms with Crippen LogP contribution >= 0.6 is 0 Å². The van der Waals surface area contributed by atoms with Gasteiger partial charge in [-0.3, -0.25) is 0 Å². The minimum atomic E-state index is -3.63. The third kappa shape index (κ3) is 2.48. The monoisotopic (exact) mass is 339 g/mol. The summed E-state index contributed by atoms with van der Waals surface area (Å²) in [5.74, 6) is 0.595. The van der Waals surface area contributed by atoms with Gasteiger partial charge in [0.1, 0.15) is 16.9 Å². The van der Waals surface area contributed by atoms with Gasteiger partial charge in [0, 0.05) is 11.6 Å². The molecule has 0 amide bonds. The largest absolute Gasteiger partial charge is 0.356 e. The summed E-state index contributed by atoms with van der Waals surface area (Å²) in [4.78, 5) is 4.39. The van der Waals surface area contributed by atoms with E-state index in [0.717, 1.165) is 5.56 Å². The van der Waals surface area contributed by atoms with Crippen LogP contribution in [0.25, 0.3) is 11.3 Å². The van der Waals surface area contributed by atoms with E-state index in [-0.39, 0.29) is 11.4 Å². The molecule has 120 valence electrons. The van der Waals surface area contributed by atoms with E-state index >= 15 is 0 Å². The van der Waals surface area contributed by atoms with Gasteiger partial charge in [-0.2, -0.15) is 0 Å². The summed E-state index contributed by atoms with van der Waals surface area (Å²) in [5.41, 5.74) is 1.85. The number of hydrogen-bond acceptors (Lipinski definition) is 5. The lowest BCUT2D eigenvalue weighted by molar-refractivity contribution is 0.414. The molecule has 1 aromatic heterocycles. The van der Waals surface area contributed by atoms with Crippen LogP contribution in [0, 0.1) is 0 Å². The molecule has 0 unspecified atom stereocenters. The number of hydrogen-bond donors (Lipinski definition) is 0. The highest BCUT2D eigenvalue weighted by molar-refractivity contribution is 7.89. The van der Waals surface area contributed by atoms with Gasteiger partial charge in [0.15, 0.2) is 5.76 Å². The number of benzene rings is 2. The smallest absolute Gasteiger partial charge is 0.267 e. The Morgan fingerprint density at radius 2 is 1.75 bits per heavy atom. The van der Waals surface area contributed by atoms with Gasteiger partial charge < -0.3 is 4.52 Å². The maximum absolute atomic E-state index is 12.7. The molecule has 4 rings (SSSR count). The van der Waals surface area contributed by atoms with Gasteiger partial charge in [0.2, 0.25) is 0 Å². The van der Waals surface area contributed by atoms with Gasteiger partial charge in [-0.1, -0.05) is 47.6 Å². The van der Waals surface area contributed by atoms with Gasteiger partial charge in [0.25, 0.3) is 10.0 Å². The quantitative estimate of drug-likeness (QED) is 0.734. The summed E-state index contributed by atoms with van der Waals surface area (Å²) in [5, 5.41) is 3.97. The molecule has 2 aromatic carbocycles. The fourth-order valence-corrected chi connectivity index (χ4v) is 3.87. The van der Waals surface area contributed by atoms with Crippen molar-refractivity contribution in [1.82, 2.24) is 9.46 Å². The number of nitrogens with zero attached hydrogens (tertiary/aromatic N) is 3. The average molecular weight is 339 g/mol. The van der Waals surface area contributed by atoms with Crippen LogP contribution in [0.5, 0.6) is 0 Å². The summed E-state index contributed by atoms with van der Waals surface area (Å²) in [6, 6.07) is 17.9. The van der Waals surface area contributed by atoms with E-state index in [2.05, 4.69) is 10.1 Å². The van der Waals surface area contributed by atoms with Crippen molar-refractivity contribution in [3.63, 3.8) is 0 Å². The standard InChI is InChI=1S/C17H13N3O3S/c21-24(22)17-9-5-4-8-15(17)18-12-20(24)11-14-10-16(23-19-14)13-6-2-1-3-7-13/h1-10,12H,11H2. The second-order valence-electron chi connectivity index (χ2n) is 5.31. The van der Waals surface area contributed by atoms with E-state index in [1.807, 2.05) is 30.3 Å². The normalized spacial score (nSPS) is 15.2. The number of sulfonamides is 1. The molecule has 6 nitrogen and oxygen atoms in total. The first-order chi connectivity index (χ1) is 11.6. The first-order valence-electron chi connectivity index (χ1n) is 7.31. The van der Waals surface area contributed by atoms with E-state index in [1.54, 1.807) is 30.3 Å². The molecule has 2 heterocycles. The van der Waals surface area contributed by atoms with Crippen LogP contribution in [-0.4, -0.2) is 24.2 Å². The number of aliphatic imine (C=N–C) groups is 1. The molecule has 0 bridgehead atoms. The van der Waals surface area contributed by atoms with Crippen LogP contribution in [0.15, 0.2) is 75.1 Å². The predicted octanol–water partition coefficient (Wildman–Crippen LogP) is 3.21. The third-order valence-corrected chi connectivity index (χ3v) is 5.45. The minimum Gasteiger partial charge on any atom is -0.356 e. The molecular formula is C17H13N3O3S. The predicted molar refractivity (Wildman–Crippen MR) is 89.3 cm³/mol. The number of rotatable bonds is 3. The summed E-state index contributed by atoms with van der Waals surface area (Å²) in [6.45, 7) is 0.0660. The molecule has 0 fully saturated rings. The zero-order valence-corrected chi connectivity index (χ0v) is 13.3. The van der Waals surface area contributed by atoms with Crippen LogP contribution in [0.1, 0.15) is 5.69 Å². The molecule has 7 heteroatoms. The fraction of sp³-hybridized carbons (Fsp3) is 0.0588. The molecule has 3 aromatic rings. The average Bonchev–Trinajstić information content (AvgIpc) is 3.07. The second kappa shape index (κ2) is 5.61. The maximum atomic E-state index is 12.7. The molecule has 0 saturated heterocycles. The first-order valence-corrected chi connectivity index (χ1v) is 8.75. The highest BCUT2D eigenvalue weighted by atomic mass is 32.2. The molecule has 0 radical (unpaired) electrons. The van der Waals surface area contributed by atoms with E-state index in [9.17, 15) is 8.42 Å². The number of fused-ring (bicyclic) bond motifs is 1. The lowest BCUT2D eigenvalue weighted by Crippen LogP contribution is -2.31. The van der Waals surface area contributed by atoms with Crippen molar-refractivity contribution in [2.45, 2.75) is 11.4 Å². The highest BCUT2D eigenvalue weighted by Gasteiger charge is 2.29. The van der Waals surface area contributed by atoms with E-state index in [0.29, 0.717) is 17.1 Å². The van der Waals surface area contributed by atoms with Gasteiger partial charge in [0.05, 0.1) is 12.2 Å². The summed E-state index contributed by atoms with van der Waals surface area (Å²) in [7, 11) is -3.63. The Balaban J connectivity index is 1.62. The number of aromatic nitrogens is 1. The zero-order valence-electron chi connectivity index (χ0n) is 12.5. The third-order valence-electron chi connectivity index (χ3n) is 3.71. The van der Waals surface area contributed by atoms with Crippen LogP contribution in [0.4, 0.5) is 5.69 Å². The van der Waals surface area contributed by atoms with Crippen molar-refractivity contribution < 1.29 is 12.9 Å². The molecule has 1 aliphatic rings. The van der Waals surface area contributed by atoms with Crippen LogP contribution < -0.4 is 0 Å². The maximum Gasteiger partial charge on any atom is 0.267 e. The summed E-state index contributed by atoms with van der Waals surface area (Å²) >= 11 is 0. The van der Waals surface area contributed by atoms with E-state index in [4.69, 9.17) is 4.52 Å². The number of para-hydroxylation sites is 1. The molecule has 0 saturated carbocycles. The Bertz CT molecular complexity index is 1010. The van der Waals surface area contributed by atoms with Crippen molar-refractivity contribution in [1.29, 1.82) is 0 Å². The molecule has 0 N–H and O–H groups in total. The van der Waals surface area contributed by atoms with E-state index < -0.39 is 10.0 Å². The lowest BCUT2D eigenvalue weighted by atomic mass is 10.2. The van der Waals surface area contributed by atoms with Gasteiger partial charge >= 0.3 is 0 Å². The van der Waals surface area contributed by atoms with Gasteiger partial charge in [-0.15, -0.1) is 0 Å². The van der Waals surface area contributed by atoms with Crippen LogP contribution in [-0.2, 0) is 16.6 Å². The fourth-order valence-electron chi connectivity index (χ4n) is 2.51. The van der Waals surface area contributed by atoms with E-state index in [1.165, 1.54) is 10.6 Å². The molecule has 24 heavy (non-hydrogen) atoms. The minimum absolute atomic E-state index is 0.0660. The van der Waals surface area contributed by atoms with Gasteiger partial charge in [-0.05, 0) is 12.1 Å². The van der Waals surface area contributed by atoms with Crippen molar-refractivity contribution in [2.24, 2.45) is 4.99 Å². The van der Waals surface area contributed by atoms with Crippen LogP contribution in [0.3, 0.4) is 0 Å². The summed E-state index contributed by atoms with van der Waals surface area (Å²) < 4.78 is 31.8. The second-order valence-corrected chi connectivity index (χ2v) is 7.17. The first kappa shape index (κ1) is 14.6. The van der Waals surface area contributed by atoms with Crippen molar-refractivity contribution in [2.75, 3.05) is 0 Å². The van der Waals surface area contributed by atoms with Crippen molar-refractivity contribution >= 4 is 22.0 Å². The van der Waals surface area contributed by atoms with Crippen LogP contribution in [0.2, 0.25) is 0 Å². The van der Waals surface area contributed by atoms with Crippen molar-refractivity contribution in [3.8, 4) is 11.3 Å². The van der Waals surface area contributed by atoms with Crippen molar-refractivity contribution in [3.05, 3.63) is 66.4 Å². The molecular weight excluding hydrogens is 326 g/mol. The molecule has 0 atom stereocenters.